The second-order valence-corrected chi connectivity index (χ2v) is 28.1. The van der Waals surface area contributed by atoms with E-state index in [9.17, 15) is 88.8 Å². The van der Waals surface area contributed by atoms with E-state index < -0.39 is 63.5 Å². The van der Waals surface area contributed by atoms with E-state index in [1.807, 2.05) is 21.9 Å². The third-order valence-corrected chi connectivity index (χ3v) is 21.3. The van der Waals surface area contributed by atoms with E-state index in [0.717, 1.165) is 86.1 Å². The van der Waals surface area contributed by atoms with Crippen molar-refractivity contribution in [1.82, 2.24) is 24.7 Å². The maximum atomic E-state index is 14.4. The van der Waals surface area contributed by atoms with Crippen LogP contribution in [-0.4, -0.2) is 124 Å². The maximum Gasteiger partial charge on any atom is 0.421 e. The van der Waals surface area contributed by atoms with Gasteiger partial charge in [-0.05, 0) is 213 Å². The molecular weight excluding hydrogens is 1320 g/mol. The topological polar surface area (TPSA) is 235 Å². The van der Waals surface area contributed by atoms with Crippen molar-refractivity contribution < 1.29 is 83.5 Å². The third kappa shape index (κ3) is 15.4. The molecule has 6 aliphatic rings. The van der Waals surface area contributed by atoms with Crippen molar-refractivity contribution in [2.24, 2.45) is 5.73 Å². The summed E-state index contributed by atoms with van der Waals surface area (Å²) in [6, 6.07) is 30.7. The van der Waals surface area contributed by atoms with Crippen molar-refractivity contribution >= 4 is 23.6 Å². The van der Waals surface area contributed by atoms with Gasteiger partial charge in [0.25, 0.3) is 17.7 Å². The number of halogens is 10. The zero-order valence-electron chi connectivity index (χ0n) is 55.5. The largest absolute Gasteiger partial charge is 0.421 e. The molecule has 25 heteroatoms. The molecule has 6 fully saturated rings. The van der Waals surface area contributed by atoms with Gasteiger partial charge in [0, 0.05) is 88.9 Å². The standard InChI is InChI=1S/C26H26F4N2O2.C25H28F3N3O3.C24H27F3N2O3/c1-24(34,26(28,29)30)18-8-6-17(7-9-18)23(33)32(19-10-11-19)20-12-14-25(16-31,15-13-20)21-4-2-3-5-22(21)27;1-23(34,25(26,27)28)17-6-4-16(5-7-17)21(32)31(19-8-9-19)20-10-12-24(13-11-20,22(29)33)18-3-2-14-30-15-18;1-22(31,24(25,26)27)17-6-4-16(5-7-17)21(30)29(19-8-9-19)20-10-12-23(32,13-11-20)18-3-2-14-28-15-18/h2-9,19-20,34H,10-15H2,1H3;2-7,14-15,19-20,34H,8-13H2,1H3,(H2,29,33);2-7,14-15,19-20,31-32H,8-13H2,1H3/t20?,24-,25?;20?,23-,24?;20?,22-,23?/m000/s1. The van der Waals surface area contributed by atoms with E-state index in [4.69, 9.17) is 5.73 Å². The van der Waals surface area contributed by atoms with Gasteiger partial charge in [-0.15, -0.1) is 0 Å². The normalized spacial score (nSPS) is 25.1. The monoisotopic (exact) mass is 1400 g/mol. The van der Waals surface area contributed by atoms with E-state index in [-0.39, 0.29) is 81.8 Å². The average Bonchev–Trinajstić information content (AvgIpc) is 1.53. The van der Waals surface area contributed by atoms with Gasteiger partial charge < -0.3 is 40.9 Å². The molecule has 2 heterocycles. The van der Waals surface area contributed by atoms with E-state index >= 15 is 0 Å². The average molecular weight is 1400 g/mol. The predicted octanol–water partition coefficient (Wildman–Crippen LogP) is 13.7. The molecule has 6 aromatic rings. The molecular formula is C75H81F10N7O8. The fourth-order valence-electron chi connectivity index (χ4n) is 14.3. The molecule has 3 atom stereocenters. The lowest BCUT2D eigenvalue weighted by Crippen LogP contribution is -2.50. The number of alkyl halides is 9. The number of pyridine rings is 2. The third-order valence-electron chi connectivity index (χ3n) is 21.3. The first-order valence-electron chi connectivity index (χ1n) is 33.7. The number of hydrogen-bond donors (Lipinski definition) is 5. The van der Waals surface area contributed by atoms with Crippen LogP contribution in [0.25, 0.3) is 0 Å². The van der Waals surface area contributed by atoms with Crippen LogP contribution in [0.1, 0.15) is 201 Å². The summed E-state index contributed by atoms with van der Waals surface area (Å²) in [7, 11) is 0. The molecule has 12 rings (SSSR count). The zero-order valence-corrected chi connectivity index (χ0v) is 55.5. The van der Waals surface area contributed by atoms with Crippen molar-refractivity contribution in [3.05, 3.63) is 202 Å². The summed E-state index contributed by atoms with van der Waals surface area (Å²) >= 11 is 0. The smallest absolute Gasteiger partial charge is 0.385 e. The van der Waals surface area contributed by atoms with Crippen molar-refractivity contribution in [2.45, 2.75) is 224 Å². The van der Waals surface area contributed by atoms with Crippen LogP contribution in [0.3, 0.4) is 0 Å². The van der Waals surface area contributed by atoms with Crippen LogP contribution in [0.15, 0.2) is 146 Å². The molecule has 0 spiro atoms. The molecule has 0 radical (unpaired) electrons. The summed E-state index contributed by atoms with van der Waals surface area (Å²) in [6.45, 7) is 2.07. The van der Waals surface area contributed by atoms with Crippen molar-refractivity contribution in [1.29, 1.82) is 5.26 Å². The lowest BCUT2D eigenvalue weighted by atomic mass is 9.67. The molecule has 15 nitrogen and oxygen atoms in total. The molecule has 6 aliphatic carbocycles. The van der Waals surface area contributed by atoms with Gasteiger partial charge in [-0.2, -0.15) is 44.8 Å². The van der Waals surface area contributed by atoms with E-state index in [1.54, 1.807) is 60.0 Å². The summed E-state index contributed by atoms with van der Waals surface area (Å²) in [5.41, 5.74) is -4.13. The fraction of sp³-hybridized carbons (Fsp3) is 0.480. The summed E-state index contributed by atoms with van der Waals surface area (Å²) in [5, 5.41) is 50.6. The first kappa shape index (κ1) is 74.4. The number of carbonyl (C=O) groups excluding carboxylic acids is 4. The minimum absolute atomic E-state index is 0.0371. The van der Waals surface area contributed by atoms with Crippen LogP contribution in [-0.2, 0) is 38.0 Å². The second-order valence-electron chi connectivity index (χ2n) is 28.1. The SMILES string of the molecule is C[C@](O)(c1ccc(C(=O)N(C2CC2)C2CCC(C#N)(c3ccccc3F)CC2)cc1)C(F)(F)F.C[C@](O)(c1ccc(C(=O)N(C2CC2)C2CCC(C(N)=O)(c3cccnc3)CC2)cc1)C(F)(F)F.C[C@](O)(c1ccc(C(=O)N(C2CC2)C2CCC(O)(c3cccnc3)CC2)cc1)C(F)(F)F. The van der Waals surface area contributed by atoms with E-state index in [0.29, 0.717) is 109 Å². The minimum Gasteiger partial charge on any atom is -0.385 e. The van der Waals surface area contributed by atoms with Crippen molar-refractivity contribution in [3.63, 3.8) is 0 Å². The molecule has 0 bridgehead atoms. The molecule has 0 aliphatic heterocycles. The first-order chi connectivity index (χ1) is 47.0. The van der Waals surface area contributed by atoms with Gasteiger partial charge in [-0.1, -0.05) is 66.7 Å². The Morgan fingerprint density at radius 1 is 0.460 bits per heavy atom. The van der Waals surface area contributed by atoms with Crippen LogP contribution < -0.4 is 5.73 Å². The Labute approximate surface area is 573 Å². The van der Waals surface area contributed by atoms with Gasteiger partial charge in [-0.25, -0.2) is 4.39 Å². The molecule has 534 valence electrons. The number of aliphatic hydroxyl groups is 4. The lowest BCUT2D eigenvalue weighted by Gasteiger charge is -2.42. The van der Waals surface area contributed by atoms with Crippen LogP contribution >= 0.6 is 0 Å². The van der Waals surface area contributed by atoms with Gasteiger partial charge in [0.1, 0.15) is 5.82 Å². The van der Waals surface area contributed by atoms with Crippen LogP contribution in [0.4, 0.5) is 43.9 Å². The number of nitriles is 1. The minimum atomic E-state index is -4.84. The van der Waals surface area contributed by atoms with Gasteiger partial charge in [0.05, 0.1) is 22.5 Å². The maximum absolute atomic E-state index is 14.4. The Kier molecular flexibility index (Phi) is 21.3. The molecule has 0 unspecified atom stereocenters. The zero-order chi connectivity index (χ0) is 72.6. The number of amides is 4. The number of carbonyl (C=O) groups is 4. The quantitative estimate of drug-likeness (QED) is 0.0572. The van der Waals surface area contributed by atoms with E-state index in [1.165, 1.54) is 42.5 Å². The van der Waals surface area contributed by atoms with Crippen LogP contribution in [0.5, 0.6) is 0 Å². The number of nitrogens with two attached hydrogens (primary N) is 1. The van der Waals surface area contributed by atoms with Crippen LogP contribution in [0, 0.1) is 17.1 Å². The number of primary amides is 1. The summed E-state index contributed by atoms with van der Waals surface area (Å²) in [4.78, 5) is 66.2. The molecule has 2 aromatic heterocycles. The van der Waals surface area contributed by atoms with Crippen molar-refractivity contribution in [2.75, 3.05) is 0 Å². The number of rotatable bonds is 16. The fourth-order valence-corrected chi connectivity index (χ4v) is 14.3. The Morgan fingerprint density at radius 2 is 0.770 bits per heavy atom. The molecule has 100 heavy (non-hydrogen) atoms. The molecule has 4 aromatic carbocycles. The highest BCUT2D eigenvalue weighted by Crippen LogP contribution is 2.48. The summed E-state index contributed by atoms with van der Waals surface area (Å²) < 4.78 is 133. The predicted molar refractivity (Wildman–Crippen MR) is 347 cm³/mol. The van der Waals surface area contributed by atoms with Crippen LogP contribution in [0.2, 0.25) is 0 Å². The Bertz CT molecular complexity index is 3890. The number of hydrogen-bond acceptors (Lipinski definition) is 11. The van der Waals surface area contributed by atoms with E-state index in [2.05, 4.69) is 16.0 Å². The van der Waals surface area contributed by atoms with Gasteiger partial charge >= 0.3 is 18.5 Å². The summed E-state index contributed by atoms with van der Waals surface area (Å²) in [6.07, 6.45) is 3.69. The number of benzene rings is 4. The summed E-state index contributed by atoms with van der Waals surface area (Å²) in [5.74, 6) is -1.56. The Balaban J connectivity index is 0.000000162. The van der Waals surface area contributed by atoms with Gasteiger partial charge in [0.15, 0.2) is 16.8 Å². The number of aromatic nitrogens is 2. The molecule has 6 saturated carbocycles. The highest BCUT2D eigenvalue weighted by Gasteiger charge is 2.55. The molecule has 0 saturated heterocycles. The Hall–Kier alpha value is -8.31. The van der Waals surface area contributed by atoms with Gasteiger partial charge in [0.2, 0.25) is 5.91 Å². The number of nitrogens with zero attached hydrogens (tertiary/aromatic N) is 6. The second kappa shape index (κ2) is 28.6. The first-order valence-corrected chi connectivity index (χ1v) is 33.7. The highest BCUT2D eigenvalue weighted by molar-refractivity contribution is 5.96. The van der Waals surface area contributed by atoms with Gasteiger partial charge in [-0.3, -0.25) is 29.1 Å². The van der Waals surface area contributed by atoms with Crippen molar-refractivity contribution in [3.8, 4) is 6.07 Å². The molecule has 6 N–H and O–H groups in total. The highest BCUT2D eigenvalue weighted by atomic mass is 19.4. The molecule has 4 amide bonds. The Morgan fingerprint density at radius 3 is 1.06 bits per heavy atom. The lowest BCUT2D eigenvalue weighted by molar-refractivity contribution is -0.259.